The van der Waals surface area contributed by atoms with Crippen LogP contribution in [0.15, 0.2) is 59.4 Å². The largest absolute Gasteiger partial charge is 0.350 e. The van der Waals surface area contributed by atoms with Crippen molar-refractivity contribution in [2.75, 3.05) is 6.54 Å². The van der Waals surface area contributed by atoms with Gasteiger partial charge in [0.25, 0.3) is 11.5 Å². The lowest BCUT2D eigenvalue weighted by atomic mass is 10.1. The average Bonchev–Trinajstić information content (AvgIpc) is 2.98. The van der Waals surface area contributed by atoms with Crippen LogP contribution in [-0.4, -0.2) is 27.0 Å². The molecule has 6 heteroatoms. The Morgan fingerprint density at radius 2 is 1.92 bits per heavy atom. The van der Waals surface area contributed by atoms with Crippen LogP contribution in [0.1, 0.15) is 16.3 Å². The van der Waals surface area contributed by atoms with E-state index in [1.807, 2.05) is 48.0 Å². The van der Waals surface area contributed by atoms with E-state index < -0.39 is 0 Å². The Bertz CT molecular complexity index is 1170. The Morgan fingerprint density at radius 1 is 1.15 bits per heavy atom. The number of aryl methyl sites for hydroxylation is 1. The lowest BCUT2D eigenvalue weighted by Gasteiger charge is -2.06. The fourth-order valence-corrected chi connectivity index (χ4v) is 3.14. The van der Waals surface area contributed by atoms with Gasteiger partial charge in [0.1, 0.15) is 11.5 Å². The number of nitrogens with one attached hydrogen (secondary N) is 2. The summed E-state index contributed by atoms with van der Waals surface area (Å²) < 4.78 is 2.03. The van der Waals surface area contributed by atoms with Crippen LogP contribution in [0.4, 0.5) is 0 Å². The summed E-state index contributed by atoms with van der Waals surface area (Å²) in [6.07, 6.45) is 0.606. The minimum absolute atomic E-state index is 0.261. The molecular formula is C20H18N4O2. The van der Waals surface area contributed by atoms with Gasteiger partial charge >= 0.3 is 0 Å². The summed E-state index contributed by atoms with van der Waals surface area (Å²) in [6, 6.07) is 16.8. The van der Waals surface area contributed by atoms with Gasteiger partial charge in [-0.2, -0.15) is 0 Å². The summed E-state index contributed by atoms with van der Waals surface area (Å²) in [7, 11) is 1.97. The summed E-state index contributed by atoms with van der Waals surface area (Å²) in [5.74, 6) is 0.602. The van der Waals surface area contributed by atoms with Crippen LogP contribution in [0.2, 0.25) is 0 Å². The zero-order valence-electron chi connectivity index (χ0n) is 14.3. The van der Waals surface area contributed by atoms with Crippen LogP contribution in [0, 0.1) is 0 Å². The van der Waals surface area contributed by atoms with Crippen LogP contribution in [-0.2, 0) is 13.5 Å². The summed E-state index contributed by atoms with van der Waals surface area (Å²) in [6.45, 7) is 0.435. The molecule has 130 valence electrons. The Labute approximate surface area is 149 Å². The standard InChI is InChI=1S/C20H18N4O2/c1-24-17-9-5-4-8-15(17)22-18(24)10-11-21-20(26)16-12-13-6-2-3-7-14(13)19(25)23-16/h2-9,12H,10-11H2,1H3,(H,21,26)(H,23,25). The van der Waals surface area contributed by atoms with Crippen molar-refractivity contribution in [3.63, 3.8) is 0 Å². The second-order valence-corrected chi connectivity index (χ2v) is 6.18. The molecule has 0 saturated carbocycles. The SMILES string of the molecule is Cn1c(CCNC(=O)c2cc3ccccc3c(=O)[nH]2)nc2ccccc21. The van der Waals surface area contributed by atoms with E-state index in [1.165, 1.54) is 0 Å². The molecule has 0 aliphatic rings. The minimum atomic E-state index is -0.299. The molecule has 4 aromatic rings. The first-order valence-electron chi connectivity index (χ1n) is 8.44. The summed E-state index contributed by atoms with van der Waals surface area (Å²) in [4.78, 5) is 31.7. The predicted molar refractivity (Wildman–Crippen MR) is 101 cm³/mol. The molecule has 0 aliphatic carbocycles. The number of pyridine rings is 1. The molecule has 1 amide bonds. The number of hydrogen-bond acceptors (Lipinski definition) is 3. The van der Waals surface area contributed by atoms with Crippen molar-refractivity contribution in [3.05, 3.63) is 76.5 Å². The molecule has 2 aromatic heterocycles. The second-order valence-electron chi connectivity index (χ2n) is 6.18. The van der Waals surface area contributed by atoms with Gasteiger partial charge in [-0.3, -0.25) is 9.59 Å². The van der Waals surface area contributed by atoms with Gasteiger partial charge in [0.2, 0.25) is 0 Å². The molecule has 0 saturated heterocycles. The topological polar surface area (TPSA) is 79.8 Å². The summed E-state index contributed by atoms with van der Waals surface area (Å²) in [5.41, 5.74) is 2.00. The number of hydrogen-bond donors (Lipinski definition) is 2. The summed E-state index contributed by atoms with van der Waals surface area (Å²) in [5, 5.41) is 4.17. The van der Waals surface area contributed by atoms with E-state index in [4.69, 9.17) is 0 Å². The first kappa shape index (κ1) is 16.1. The van der Waals surface area contributed by atoms with Crippen molar-refractivity contribution in [2.45, 2.75) is 6.42 Å². The Balaban J connectivity index is 1.48. The Morgan fingerprint density at radius 3 is 2.77 bits per heavy atom. The van der Waals surface area contributed by atoms with Gasteiger partial charge in [-0.15, -0.1) is 0 Å². The van der Waals surface area contributed by atoms with E-state index in [2.05, 4.69) is 15.3 Å². The molecule has 2 aromatic carbocycles. The number of rotatable bonds is 4. The van der Waals surface area contributed by atoms with E-state index in [1.54, 1.807) is 18.2 Å². The first-order valence-corrected chi connectivity index (χ1v) is 8.44. The number of amides is 1. The lowest BCUT2D eigenvalue weighted by molar-refractivity contribution is 0.0949. The molecular weight excluding hydrogens is 328 g/mol. The molecule has 0 fully saturated rings. The highest BCUT2D eigenvalue weighted by Gasteiger charge is 2.11. The van der Waals surface area contributed by atoms with Crippen LogP contribution >= 0.6 is 0 Å². The van der Waals surface area contributed by atoms with Crippen molar-refractivity contribution in [1.82, 2.24) is 19.9 Å². The van der Waals surface area contributed by atoms with Crippen LogP contribution < -0.4 is 10.9 Å². The van der Waals surface area contributed by atoms with Crippen molar-refractivity contribution < 1.29 is 4.79 Å². The smallest absolute Gasteiger partial charge is 0.267 e. The number of nitrogens with zero attached hydrogens (tertiary/aromatic N) is 2. The third-order valence-electron chi connectivity index (χ3n) is 4.51. The fourth-order valence-electron chi connectivity index (χ4n) is 3.14. The van der Waals surface area contributed by atoms with E-state index in [0.29, 0.717) is 18.4 Å². The molecule has 6 nitrogen and oxygen atoms in total. The normalized spacial score (nSPS) is 11.1. The molecule has 0 atom stereocenters. The quantitative estimate of drug-likeness (QED) is 0.595. The van der Waals surface area contributed by atoms with Crippen LogP contribution in [0.25, 0.3) is 21.8 Å². The maximum Gasteiger partial charge on any atom is 0.267 e. The Kier molecular flexibility index (Phi) is 4.01. The second kappa shape index (κ2) is 6.48. The van der Waals surface area contributed by atoms with Gasteiger partial charge in [-0.25, -0.2) is 4.98 Å². The van der Waals surface area contributed by atoms with Gasteiger partial charge < -0.3 is 14.9 Å². The molecule has 0 unspecified atom stereocenters. The van der Waals surface area contributed by atoms with Gasteiger partial charge in [-0.05, 0) is 29.7 Å². The van der Waals surface area contributed by atoms with Crippen LogP contribution in [0.3, 0.4) is 0 Å². The molecule has 0 bridgehead atoms. The van der Waals surface area contributed by atoms with Crippen molar-refractivity contribution >= 4 is 27.7 Å². The lowest BCUT2D eigenvalue weighted by Crippen LogP contribution is -2.28. The highest BCUT2D eigenvalue weighted by atomic mass is 16.2. The monoisotopic (exact) mass is 346 g/mol. The number of carbonyl (C=O) groups is 1. The van der Waals surface area contributed by atoms with Crippen LogP contribution in [0.5, 0.6) is 0 Å². The average molecular weight is 346 g/mol. The molecule has 4 rings (SSSR count). The van der Waals surface area contributed by atoms with E-state index >= 15 is 0 Å². The van der Waals surface area contributed by atoms with Crippen molar-refractivity contribution in [2.24, 2.45) is 7.05 Å². The van der Waals surface area contributed by atoms with Gasteiger partial charge in [0.05, 0.1) is 11.0 Å². The highest BCUT2D eigenvalue weighted by Crippen LogP contribution is 2.14. The van der Waals surface area contributed by atoms with Gasteiger partial charge in [0, 0.05) is 25.4 Å². The van der Waals surface area contributed by atoms with Crippen molar-refractivity contribution in [1.29, 1.82) is 0 Å². The maximum atomic E-state index is 12.4. The predicted octanol–water partition coefficient (Wildman–Crippen LogP) is 2.39. The number of para-hydroxylation sites is 2. The zero-order chi connectivity index (χ0) is 18.1. The minimum Gasteiger partial charge on any atom is -0.350 e. The maximum absolute atomic E-state index is 12.4. The number of imidazole rings is 1. The number of H-pyrrole nitrogens is 1. The summed E-state index contributed by atoms with van der Waals surface area (Å²) >= 11 is 0. The van der Waals surface area contributed by atoms with E-state index in [-0.39, 0.29) is 17.2 Å². The number of aromatic nitrogens is 3. The van der Waals surface area contributed by atoms with E-state index in [9.17, 15) is 9.59 Å². The fraction of sp³-hybridized carbons (Fsp3) is 0.150. The number of carbonyl (C=O) groups excluding carboxylic acids is 1. The van der Waals surface area contributed by atoms with Crippen molar-refractivity contribution in [3.8, 4) is 0 Å². The molecule has 0 spiro atoms. The molecule has 0 radical (unpaired) electrons. The third-order valence-corrected chi connectivity index (χ3v) is 4.51. The molecule has 2 heterocycles. The number of aromatic amines is 1. The Hall–Kier alpha value is -3.41. The van der Waals surface area contributed by atoms with E-state index in [0.717, 1.165) is 22.2 Å². The molecule has 0 aliphatic heterocycles. The van der Waals surface area contributed by atoms with Gasteiger partial charge in [0.15, 0.2) is 0 Å². The zero-order valence-corrected chi connectivity index (χ0v) is 14.3. The first-order chi connectivity index (χ1) is 12.6. The third kappa shape index (κ3) is 2.86. The highest BCUT2D eigenvalue weighted by molar-refractivity contribution is 5.96. The molecule has 26 heavy (non-hydrogen) atoms. The number of fused-ring (bicyclic) bond motifs is 2. The molecule has 2 N–H and O–H groups in total. The number of benzene rings is 2. The van der Waals surface area contributed by atoms with Gasteiger partial charge in [-0.1, -0.05) is 30.3 Å².